The lowest BCUT2D eigenvalue weighted by Crippen LogP contribution is -2.28. The molecule has 27 heavy (non-hydrogen) atoms. The number of hydrogen-bond acceptors (Lipinski definition) is 2. The zero-order valence-corrected chi connectivity index (χ0v) is 17.1. The van der Waals surface area contributed by atoms with Crippen molar-refractivity contribution in [1.82, 2.24) is 5.32 Å². The van der Waals surface area contributed by atoms with Crippen LogP contribution in [0.3, 0.4) is 0 Å². The molecule has 4 nitrogen and oxygen atoms in total. The van der Waals surface area contributed by atoms with E-state index in [1.807, 2.05) is 18.2 Å². The van der Waals surface area contributed by atoms with Crippen molar-refractivity contribution in [2.45, 2.75) is 46.0 Å². The van der Waals surface area contributed by atoms with E-state index in [0.29, 0.717) is 22.4 Å². The summed E-state index contributed by atoms with van der Waals surface area (Å²) < 4.78 is 0. The number of para-hydroxylation sites is 1. The number of amides is 2. The van der Waals surface area contributed by atoms with Gasteiger partial charge in [-0.2, -0.15) is 0 Å². The van der Waals surface area contributed by atoms with Crippen molar-refractivity contribution in [1.29, 1.82) is 0 Å². The average Bonchev–Trinajstić information content (AvgIpc) is 2.61. The molecule has 0 fully saturated rings. The van der Waals surface area contributed by atoms with Gasteiger partial charge in [0.2, 0.25) is 5.91 Å². The van der Waals surface area contributed by atoms with Crippen molar-refractivity contribution in [3.05, 3.63) is 64.2 Å². The lowest BCUT2D eigenvalue weighted by atomic mass is 9.92. The Morgan fingerprint density at radius 2 is 1.52 bits per heavy atom. The van der Waals surface area contributed by atoms with Crippen LogP contribution in [0.4, 0.5) is 5.69 Å². The van der Waals surface area contributed by atoms with E-state index < -0.39 is 0 Å². The fourth-order valence-corrected chi connectivity index (χ4v) is 3.15. The zero-order valence-electron chi connectivity index (χ0n) is 16.3. The number of hydrogen-bond donors (Lipinski definition) is 2. The Hall–Kier alpha value is -2.33. The van der Waals surface area contributed by atoms with Gasteiger partial charge in [0.15, 0.2) is 0 Å². The number of benzene rings is 2. The summed E-state index contributed by atoms with van der Waals surface area (Å²) in [5, 5.41) is 6.19. The van der Waals surface area contributed by atoms with Crippen molar-refractivity contribution >= 4 is 29.1 Å². The topological polar surface area (TPSA) is 58.2 Å². The van der Waals surface area contributed by atoms with Gasteiger partial charge in [0.25, 0.3) is 5.91 Å². The Morgan fingerprint density at radius 1 is 0.926 bits per heavy atom. The monoisotopic (exact) mass is 386 g/mol. The molecule has 2 amide bonds. The Balaban J connectivity index is 2.00. The lowest BCUT2D eigenvalue weighted by Gasteiger charge is -2.20. The summed E-state index contributed by atoms with van der Waals surface area (Å²) in [5.41, 5.74) is 3.54. The van der Waals surface area contributed by atoms with Crippen LogP contribution >= 0.6 is 11.6 Å². The van der Waals surface area contributed by atoms with E-state index in [0.717, 1.165) is 16.8 Å². The van der Waals surface area contributed by atoms with Gasteiger partial charge in [-0.05, 0) is 35.1 Å². The largest absolute Gasteiger partial charge is 0.351 e. The first-order chi connectivity index (χ1) is 12.8. The molecule has 5 heteroatoms. The molecule has 0 radical (unpaired) electrons. The van der Waals surface area contributed by atoms with Crippen LogP contribution < -0.4 is 10.6 Å². The van der Waals surface area contributed by atoms with Crippen molar-refractivity contribution < 1.29 is 9.59 Å². The predicted molar refractivity (Wildman–Crippen MR) is 112 cm³/mol. The summed E-state index contributed by atoms with van der Waals surface area (Å²) in [6.07, 6.45) is 0.195. The molecule has 0 aliphatic rings. The Morgan fingerprint density at radius 3 is 2.07 bits per heavy atom. The van der Waals surface area contributed by atoms with E-state index >= 15 is 0 Å². The third-order valence-electron chi connectivity index (χ3n) is 4.39. The van der Waals surface area contributed by atoms with Gasteiger partial charge < -0.3 is 10.6 Å². The first-order valence-electron chi connectivity index (χ1n) is 9.26. The highest BCUT2D eigenvalue weighted by Gasteiger charge is 2.16. The minimum Gasteiger partial charge on any atom is -0.351 e. The van der Waals surface area contributed by atoms with Crippen molar-refractivity contribution in [2.24, 2.45) is 0 Å². The molecule has 0 saturated heterocycles. The van der Waals surface area contributed by atoms with Crippen LogP contribution in [0.15, 0.2) is 42.5 Å². The maximum absolute atomic E-state index is 12.5. The van der Waals surface area contributed by atoms with E-state index in [4.69, 9.17) is 11.6 Å². The van der Waals surface area contributed by atoms with E-state index in [2.05, 4.69) is 38.3 Å². The molecule has 0 bridgehead atoms. The van der Waals surface area contributed by atoms with Crippen molar-refractivity contribution in [3.63, 3.8) is 0 Å². The normalized spacial score (nSPS) is 10.9. The minimum absolute atomic E-state index is 0.121. The third-order valence-corrected chi connectivity index (χ3v) is 4.72. The molecule has 0 unspecified atom stereocenters. The highest BCUT2D eigenvalue weighted by molar-refractivity contribution is 6.33. The van der Waals surface area contributed by atoms with Crippen LogP contribution in [0.25, 0.3) is 0 Å². The molecule has 2 aromatic rings. The van der Waals surface area contributed by atoms with Gasteiger partial charge in [-0.25, -0.2) is 0 Å². The highest BCUT2D eigenvalue weighted by atomic mass is 35.5. The van der Waals surface area contributed by atoms with E-state index in [9.17, 15) is 9.59 Å². The van der Waals surface area contributed by atoms with Crippen LogP contribution in [0.2, 0.25) is 5.02 Å². The van der Waals surface area contributed by atoms with Crippen LogP contribution in [0, 0.1) is 0 Å². The molecule has 0 spiro atoms. The lowest BCUT2D eigenvalue weighted by molar-refractivity contribution is -0.116. The quantitative estimate of drug-likeness (QED) is 0.674. The predicted octanol–water partition coefficient (Wildman–Crippen LogP) is 5.35. The first kappa shape index (κ1) is 21.0. The molecule has 2 rings (SSSR count). The molecule has 0 saturated carbocycles. The molecule has 0 aromatic heterocycles. The minimum atomic E-state index is -0.279. The van der Waals surface area contributed by atoms with Crippen LogP contribution in [0.5, 0.6) is 0 Å². The second-order valence-corrected chi connectivity index (χ2v) is 7.56. The molecule has 0 atom stereocenters. The Labute approximate surface area is 166 Å². The second kappa shape index (κ2) is 9.56. The first-order valence-corrected chi connectivity index (χ1v) is 9.64. The number of rotatable bonds is 7. The van der Waals surface area contributed by atoms with E-state index in [1.54, 1.807) is 24.3 Å². The second-order valence-electron chi connectivity index (χ2n) is 7.15. The molecule has 144 valence electrons. The summed E-state index contributed by atoms with van der Waals surface area (Å²) in [5.74, 6) is 0.209. The molecular weight excluding hydrogens is 360 g/mol. The van der Waals surface area contributed by atoms with E-state index in [-0.39, 0.29) is 24.8 Å². The van der Waals surface area contributed by atoms with Gasteiger partial charge in [-0.1, -0.05) is 69.6 Å². The zero-order chi connectivity index (χ0) is 20.0. The van der Waals surface area contributed by atoms with Gasteiger partial charge in [0.05, 0.1) is 10.6 Å². The van der Waals surface area contributed by atoms with Gasteiger partial charge in [-0.3, -0.25) is 9.59 Å². The van der Waals surface area contributed by atoms with Gasteiger partial charge in [0, 0.05) is 18.7 Å². The van der Waals surface area contributed by atoms with E-state index in [1.165, 1.54) is 0 Å². The van der Waals surface area contributed by atoms with Crippen molar-refractivity contribution in [3.8, 4) is 0 Å². The van der Waals surface area contributed by atoms with Crippen LogP contribution in [0.1, 0.15) is 67.4 Å². The summed E-state index contributed by atoms with van der Waals surface area (Å²) in [6, 6.07) is 13.0. The maximum Gasteiger partial charge on any atom is 0.252 e. The molecule has 0 aliphatic heterocycles. The van der Waals surface area contributed by atoms with Crippen LogP contribution in [-0.2, 0) is 4.79 Å². The molecule has 2 aromatic carbocycles. The molecule has 0 aliphatic carbocycles. The highest BCUT2D eigenvalue weighted by Crippen LogP contribution is 2.32. The summed E-state index contributed by atoms with van der Waals surface area (Å²) in [7, 11) is 0. The van der Waals surface area contributed by atoms with Gasteiger partial charge >= 0.3 is 0 Å². The van der Waals surface area contributed by atoms with Gasteiger partial charge in [-0.15, -0.1) is 0 Å². The van der Waals surface area contributed by atoms with Crippen LogP contribution in [-0.4, -0.2) is 18.4 Å². The SMILES string of the molecule is CC(C)c1cccc(C(C)C)c1NC(=O)CCNC(=O)c1ccccc1Cl. The molecule has 2 N–H and O–H groups in total. The number of carbonyl (C=O) groups excluding carboxylic acids is 2. The molecule has 0 heterocycles. The smallest absolute Gasteiger partial charge is 0.252 e. The fraction of sp³-hybridized carbons (Fsp3) is 0.364. The fourth-order valence-electron chi connectivity index (χ4n) is 2.93. The third kappa shape index (κ3) is 5.57. The number of anilines is 1. The number of carbonyl (C=O) groups is 2. The summed E-state index contributed by atoms with van der Waals surface area (Å²) in [4.78, 5) is 24.6. The van der Waals surface area contributed by atoms with Crippen molar-refractivity contribution in [2.75, 3.05) is 11.9 Å². The summed E-state index contributed by atoms with van der Waals surface area (Å²) in [6.45, 7) is 8.69. The number of nitrogens with one attached hydrogen (secondary N) is 2. The maximum atomic E-state index is 12.5. The average molecular weight is 387 g/mol. The standard InChI is InChI=1S/C22H27ClN2O2/c1-14(2)16-9-7-10-17(15(3)4)21(16)25-20(26)12-13-24-22(27)18-8-5-6-11-19(18)23/h5-11,14-15H,12-13H2,1-4H3,(H,24,27)(H,25,26). The summed E-state index contributed by atoms with van der Waals surface area (Å²) >= 11 is 6.02. The number of halogens is 1. The van der Waals surface area contributed by atoms with Gasteiger partial charge in [0.1, 0.15) is 0 Å². The Kier molecular flexibility index (Phi) is 7.43. The Bertz CT molecular complexity index is 789. The molecular formula is C22H27ClN2O2.